The lowest BCUT2D eigenvalue weighted by Crippen LogP contribution is -2.36. The fraction of sp³-hybridized carbons (Fsp3) is 0.174. The van der Waals surface area contributed by atoms with E-state index in [-0.39, 0.29) is 17.3 Å². The third-order valence-electron chi connectivity index (χ3n) is 5.82. The van der Waals surface area contributed by atoms with Crippen molar-refractivity contribution in [3.05, 3.63) is 87.4 Å². The molecule has 5 rings (SSSR count). The molecule has 0 aliphatic carbocycles. The highest BCUT2D eigenvalue weighted by Gasteiger charge is 2.26. The molecule has 166 valence electrons. The Labute approximate surface area is 187 Å². The molecule has 2 aromatic carbocycles. The lowest BCUT2D eigenvalue weighted by molar-refractivity contribution is -0.384. The lowest BCUT2D eigenvalue weighted by atomic mass is 10.0. The van der Waals surface area contributed by atoms with Crippen molar-refractivity contribution in [3.8, 4) is 5.69 Å². The number of esters is 1. The summed E-state index contributed by atoms with van der Waals surface area (Å²) in [5.74, 6) is -0.618. The lowest BCUT2D eigenvalue weighted by Gasteiger charge is -2.26. The van der Waals surface area contributed by atoms with Gasteiger partial charge in [0.1, 0.15) is 0 Å². The van der Waals surface area contributed by atoms with Gasteiger partial charge in [-0.3, -0.25) is 14.9 Å². The zero-order valence-electron chi connectivity index (χ0n) is 17.6. The first kappa shape index (κ1) is 20.4. The van der Waals surface area contributed by atoms with Crippen LogP contribution < -0.4 is 0 Å². The van der Waals surface area contributed by atoms with Gasteiger partial charge in [-0.05, 0) is 36.4 Å². The number of nitrogens with zero attached hydrogens (tertiary/aromatic N) is 4. The summed E-state index contributed by atoms with van der Waals surface area (Å²) in [6.45, 7) is 0.927. The average molecular weight is 445 g/mol. The predicted molar refractivity (Wildman–Crippen MR) is 118 cm³/mol. The summed E-state index contributed by atoms with van der Waals surface area (Å²) < 4.78 is 6.34. The summed E-state index contributed by atoms with van der Waals surface area (Å²) in [6, 6.07) is 12.9. The number of methoxy groups -OCH3 is 1. The molecule has 10 heteroatoms. The largest absolute Gasteiger partial charge is 0.465 e. The second-order valence-electron chi connectivity index (χ2n) is 7.73. The Bertz CT molecular complexity index is 1400. The minimum Gasteiger partial charge on any atom is -0.465 e. The molecular weight excluding hydrogens is 426 g/mol. The van der Waals surface area contributed by atoms with Gasteiger partial charge in [0.05, 0.1) is 23.3 Å². The fourth-order valence-electron chi connectivity index (χ4n) is 4.10. The number of benzene rings is 2. The number of ether oxygens (including phenoxy) is 1. The smallest absolute Gasteiger partial charge is 0.337 e. The van der Waals surface area contributed by atoms with Crippen LogP contribution in [0, 0.1) is 10.1 Å². The van der Waals surface area contributed by atoms with Crippen LogP contribution in [0.5, 0.6) is 0 Å². The molecule has 4 aromatic rings. The molecule has 0 spiro atoms. The Balaban J connectivity index is 1.39. The molecule has 0 bridgehead atoms. The molecule has 1 aliphatic heterocycles. The van der Waals surface area contributed by atoms with E-state index in [1.807, 2.05) is 6.07 Å². The molecule has 33 heavy (non-hydrogen) atoms. The van der Waals surface area contributed by atoms with Gasteiger partial charge in [0, 0.05) is 60.0 Å². The van der Waals surface area contributed by atoms with Crippen LogP contribution in [-0.2, 0) is 17.7 Å². The normalized spacial score (nSPS) is 13.1. The number of rotatable bonds is 4. The summed E-state index contributed by atoms with van der Waals surface area (Å²) in [5, 5.41) is 16.1. The van der Waals surface area contributed by atoms with Crippen LogP contribution in [0.2, 0.25) is 0 Å². The molecule has 0 saturated carbocycles. The summed E-state index contributed by atoms with van der Waals surface area (Å²) in [7, 11) is 1.34. The summed E-state index contributed by atoms with van der Waals surface area (Å²) >= 11 is 0. The van der Waals surface area contributed by atoms with Gasteiger partial charge >= 0.3 is 5.97 Å². The Morgan fingerprint density at radius 3 is 2.67 bits per heavy atom. The van der Waals surface area contributed by atoms with Crippen molar-refractivity contribution >= 4 is 28.5 Å². The van der Waals surface area contributed by atoms with Crippen LogP contribution in [0.15, 0.2) is 54.7 Å². The van der Waals surface area contributed by atoms with Gasteiger partial charge in [-0.15, -0.1) is 0 Å². The number of hydrogen-bond donors (Lipinski definition) is 1. The predicted octanol–water partition coefficient (Wildman–Crippen LogP) is 3.25. The number of H-pyrrole nitrogens is 1. The summed E-state index contributed by atoms with van der Waals surface area (Å²) in [4.78, 5) is 40.6. The van der Waals surface area contributed by atoms with E-state index in [0.29, 0.717) is 30.8 Å². The maximum atomic E-state index is 13.2. The number of carbonyl (C=O) groups excluding carboxylic acids is 2. The molecular formula is C23H19N5O5. The molecule has 0 saturated heterocycles. The van der Waals surface area contributed by atoms with Gasteiger partial charge in [-0.1, -0.05) is 0 Å². The third-order valence-corrected chi connectivity index (χ3v) is 5.82. The van der Waals surface area contributed by atoms with E-state index in [2.05, 4.69) is 10.1 Å². The van der Waals surface area contributed by atoms with E-state index in [4.69, 9.17) is 4.74 Å². The Kier molecular flexibility index (Phi) is 4.89. The van der Waals surface area contributed by atoms with Crippen molar-refractivity contribution in [2.24, 2.45) is 0 Å². The number of aromatic amines is 1. The van der Waals surface area contributed by atoms with E-state index in [9.17, 15) is 19.7 Å². The van der Waals surface area contributed by atoms with Crippen LogP contribution in [-0.4, -0.2) is 50.1 Å². The number of nitro benzene ring substituents is 1. The number of fused-ring (bicyclic) bond motifs is 3. The number of carbonyl (C=O) groups is 2. The number of aromatic nitrogens is 3. The van der Waals surface area contributed by atoms with Gasteiger partial charge in [0.2, 0.25) is 0 Å². The van der Waals surface area contributed by atoms with E-state index in [1.165, 1.54) is 23.9 Å². The fourth-order valence-corrected chi connectivity index (χ4v) is 4.10. The first-order chi connectivity index (χ1) is 15.9. The molecule has 1 amide bonds. The monoisotopic (exact) mass is 445 g/mol. The van der Waals surface area contributed by atoms with Crippen LogP contribution in [0.1, 0.15) is 32.1 Å². The van der Waals surface area contributed by atoms with Crippen molar-refractivity contribution in [3.63, 3.8) is 0 Å². The maximum absolute atomic E-state index is 13.2. The molecule has 1 N–H and O–H groups in total. The standard InChI is InChI=1S/C23H19N5O5/c1-33-23(30)14-2-7-19-17(12-14)18-13-26(10-8-20(18)24-19)22(29)21-9-11-27(25-21)15-3-5-16(6-4-15)28(31)32/h2-7,9,11-12,24H,8,10,13H2,1H3. The van der Waals surface area contributed by atoms with Gasteiger partial charge in [-0.2, -0.15) is 5.10 Å². The molecule has 0 radical (unpaired) electrons. The summed E-state index contributed by atoms with van der Waals surface area (Å²) in [5.41, 5.74) is 4.28. The molecule has 0 fully saturated rings. The number of non-ortho nitro benzene ring substituents is 1. The highest BCUT2D eigenvalue weighted by Crippen LogP contribution is 2.29. The molecule has 10 nitrogen and oxygen atoms in total. The minimum atomic E-state index is -0.467. The van der Waals surface area contributed by atoms with Gasteiger partial charge in [0.25, 0.3) is 11.6 Å². The zero-order chi connectivity index (χ0) is 23.1. The molecule has 2 aromatic heterocycles. The summed E-state index contributed by atoms with van der Waals surface area (Å²) in [6.07, 6.45) is 2.31. The van der Waals surface area contributed by atoms with E-state index in [1.54, 1.807) is 41.4 Å². The molecule has 3 heterocycles. The number of nitrogens with one attached hydrogen (secondary N) is 1. The second kappa shape index (κ2) is 7.90. The topological polar surface area (TPSA) is 123 Å². The highest BCUT2D eigenvalue weighted by molar-refractivity contribution is 5.97. The van der Waals surface area contributed by atoms with Crippen molar-refractivity contribution in [2.75, 3.05) is 13.7 Å². The van der Waals surface area contributed by atoms with Crippen LogP contribution in [0.25, 0.3) is 16.6 Å². The van der Waals surface area contributed by atoms with Crippen LogP contribution >= 0.6 is 0 Å². The van der Waals surface area contributed by atoms with E-state index < -0.39 is 10.9 Å². The minimum absolute atomic E-state index is 0.0135. The first-order valence-electron chi connectivity index (χ1n) is 10.3. The maximum Gasteiger partial charge on any atom is 0.337 e. The highest BCUT2D eigenvalue weighted by atomic mass is 16.6. The quantitative estimate of drug-likeness (QED) is 0.292. The zero-order valence-corrected chi connectivity index (χ0v) is 17.6. The van der Waals surface area contributed by atoms with Crippen LogP contribution in [0.4, 0.5) is 5.69 Å². The Morgan fingerprint density at radius 2 is 1.94 bits per heavy atom. The van der Waals surface area contributed by atoms with E-state index in [0.717, 1.165) is 22.2 Å². The van der Waals surface area contributed by atoms with Gasteiger partial charge in [-0.25, -0.2) is 9.48 Å². The Hall–Kier alpha value is -4.47. The number of nitro groups is 1. The average Bonchev–Trinajstić information content (AvgIpc) is 3.47. The SMILES string of the molecule is COC(=O)c1ccc2[nH]c3c(c2c1)CN(C(=O)c1ccn(-c2ccc([N+](=O)[O-])cc2)n1)CC3. The third kappa shape index (κ3) is 3.61. The van der Waals surface area contributed by atoms with Crippen molar-refractivity contribution in [1.82, 2.24) is 19.7 Å². The Morgan fingerprint density at radius 1 is 1.15 bits per heavy atom. The van der Waals surface area contributed by atoms with Crippen molar-refractivity contribution in [2.45, 2.75) is 13.0 Å². The molecule has 0 atom stereocenters. The number of hydrogen-bond acceptors (Lipinski definition) is 6. The van der Waals surface area contributed by atoms with E-state index >= 15 is 0 Å². The molecule has 1 aliphatic rings. The van der Waals surface area contributed by atoms with Crippen molar-refractivity contribution < 1.29 is 19.2 Å². The number of amides is 1. The van der Waals surface area contributed by atoms with Gasteiger partial charge in [0.15, 0.2) is 5.69 Å². The van der Waals surface area contributed by atoms with Gasteiger partial charge < -0.3 is 14.6 Å². The molecule has 0 unspecified atom stereocenters. The second-order valence-corrected chi connectivity index (χ2v) is 7.73. The first-order valence-corrected chi connectivity index (χ1v) is 10.3. The van der Waals surface area contributed by atoms with Crippen molar-refractivity contribution in [1.29, 1.82) is 0 Å². The van der Waals surface area contributed by atoms with Crippen LogP contribution in [0.3, 0.4) is 0 Å².